The van der Waals surface area contributed by atoms with E-state index in [0.29, 0.717) is 27.4 Å². The Morgan fingerprint density at radius 2 is 1.89 bits per heavy atom. The molecule has 1 N–H and O–H groups in total. The molecule has 1 amide bonds. The van der Waals surface area contributed by atoms with E-state index in [2.05, 4.69) is 21.6 Å². The second-order valence-electron chi connectivity index (χ2n) is 5.91. The van der Waals surface area contributed by atoms with Crippen LogP contribution in [0.1, 0.15) is 12.5 Å². The fraction of sp³-hybridized carbons (Fsp3) is 0.211. The van der Waals surface area contributed by atoms with E-state index in [0.717, 1.165) is 17.0 Å². The number of amides is 1. The Morgan fingerprint density at radius 1 is 1.15 bits per heavy atom. The Hall–Kier alpha value is -2.02. The van der Waals surface area contributed by atoms with Gasteiger partial charge >= 0.3 is 0 Å². The summed E-state index contributed by atoms with van der Waals surface area (Å²) in [5.74, 6) is 0.836. The zero-order valence-electron chi connectivity index (χ0n) is 14.9. The smallest absolute Gasteiger partial charge is 0.234 e. The van der Waals surface area contributed by atoms with Crippen molar-refractivity contribution in [2.75, 3.05) is 11.1 Å². The van der Waals surface area contributed by atoms with Gasteiger partial charge in [0.1, 0.15) is 0 Å². The van der Waals surface area contributed by atoms with Crippen molar-refractivity contribution in [3.8, 4) is 11.4 Å². The maximum Gasteiger partial charge on any atom is 0.234 e. The Bertz CT molecular complexity index is 954. The number of hydrogen-bond donors (Lipinski definition) is 1. The largest absolute Gasteiger partial charge is 0.325 e. The lowest BCUT2D eigenvalue weighted by molar-refractivity contribution is -0.113. The monoisotopic (exact) mass is 420 g/mol. The highest BCUT2D eigenvalue weighted by Crippen LogP contribution is 2.26. The summed E-state index contributed by atoms with van der Waals surface area (Å²) in [5.41, 5.74) is 2.73. The number of carbonyl (C=O) groups excluding carboxylic acids is 1. The van der Waals surface area contributed by atoms with Crippen molar-refractivity contribution < 1.29 is 4.79 Å². The van der Waals surface area contributed by atoms with E-state index in [1.165, 1.54) is 11.8 Å². The number of halogens is 2. The molecule has 0 saturated carbocycles. The zero-order chi connectivity index (χ0) is 19.4. The maximum atomic E-state index is 12.3. The summed E-state index contributed by atoms with van der Waals surface area (Å²) in [7, 11) is 0. The summed E-state index contributed by atoms with van der Waals surface area (Å²) in [5, 5.41) is 13.0. The van der Waals surface area contributed by atoms with Gasteiger partial charge < -0.3 is 9.88 Å². The molecule has 27 heavy (non-hydrogen) atoms. The molecule has 2 aromatic carbocycles. The topological polar surface area (TPSA) is 59.8 Å². The summed E-state index contributed by atoms with van der Waals surface area (Å²) < 4.78 is 2.00. The molecule has 140 valence electrons. The normalized spacial score (nSPS) is 10.8. The molecule has 0 bridgehead atoms. The molecule has 0 radical (unpaired) electrons. The second kappa shape index (κ2) is 8.78. The maximum absolute atomic E-state index is 12.3. The van der Waals surface area contributed by atoms with E-state index in [1.807, 2.05) is 36.6 Å². The summed E-state index contributed by atoms with van der Waals surface area (Å²) in [6.45, 7) is 4.78. The minimum atomic E-state index is -0.166. The zero-order valence-corrected chi connectivity index (χ0v) is 17.2. The molecule has 8 heteroatoms. The molecule has 3 rings (SSSR count). The molecule has 0 aliphatic heterocycles. The Morgan fingerprint density at radius 3 is 2.56 bits per heavy atom. The van der Waals surface area contributed by atoms with Crippen molar-refractivity contribution in [1.82, 2.24) is 14.8 Å². The number of nitrogens with one attached hydrogen (secondary N) is 1. The first-order valence-corrected chi connectivity index (χ1v) is 10.1. The Kier molecular flexibility index (Phi) is 6.42. The standard InChI is InChI=1S/C19H18Cl2N4OS/c1-3-25-18(13-6-4-5-12(2)7-13)23-24-19(25)27-11-17(26)22-16-9-14(20)8-15(21)10-16/h4-10H,3,11H2,1-2H3,(H,22,26). The minimum absolute atomic E-state index is 0.166. The lowest BCUT2D eigenvalue weighted by atomic mass is 10.1. The average Bonchev–Trinajstić information content (AvgIpc) is 3.02. The third-order valence-corrected chi connectivity index (χ3v) is 5.19. The van der Waals surface area contributed by atoms with Crippen LogP contribution in [0.3, 0.4) is 0 Å². The third kappa shape index (κ3) is 5.03. The first kappa shape index (κ1) is 19.7. The van der Waals surface area contributed by atoms with Crippen LogP contribution in [0.5, 0.6) is 0 Å². The number of benzene rings is 2. The summed E-state index contributed by atoms with van der Waals surface area (Å²) in [6.07, 6.45) is 0. The van der Waals surface area contributed by atoms with Gasteiger partial charge in [0.05, 0.1) is 5.75 Å². The van der Waals surface area contributed by atoms with Crippen molar-refractivity contribution >= 4 is 46.6 Å². The number of hydrogen-bond acceptors (Lipinski definition) is 4. The predicted molar refractivity (Wildman–Crippen MR) is 112 cm³/mol. The van der Waals surface area contributed by atoms with E-state index in [4.69, 9.17) is 23.2 Å². The molecular weight excluding hydrogens is 403 g/mol. The number of aromatic nitrogens is 3. The molecule has 0 aliphatic carbocycles. The SMILES string of the molecule is CCn1c(SCC(=O)Nc2cc(Cl)cc(Cl)c2)nnc1-c1cccc(C)c1. The van der Waals surface area contributed by atoms with Crippen molar-refractivity contribution in [3.05, 3.63) is 58.1 Å². The molecule has 5 nitrogen and oxygen atoms in total. The molecule has 0 aliphatic rings. The highest BCUT2D eigenvalue weighted by Gasteiger charge is 2.15. The lowest BCUT2D eigenvalue weighted by Gasteiger charge is -2.08. The summed E-state index contributed by atoms with van der Waals surface area (Å²) in [6, 6.07) is 13.0. The molecule has 0 spiro atoms. The average molecular weight is 421 g/mol. The van der Waals surface area contributed by atoms with Crippen LogP contribution in [0.2, 0.25) is 10.0 Å². The quantitative estimate of drug-likeness (QED) is 0.548. The van der Waals surface area contributed by atoms with Crippen LogP contribution in [0.15, 0.2) is 47.6 Å². The van der Waals surface area contributed by atoms with Crippen molar-refractivity contribution in [1.29, 1.82) is 0 Å². The van der Waals surface area contributed by atoms with Gasteiger partial charge in [0.15, 0.2) is 11.0 Å². The van der Waals surface area contributed by atoms with Gasteiger partial charge in [-0.15, -0.1) is 10.2 Å². The van der Waals surface area contributed by atoms with E-state index in [-0.39, 0.29) is 11.7 Å². The third-order valence-electron chi connectivity index (χ3n) is 3.79. The fourth-order valence-electron chi connectivity index (χ4n) is 2.63. The van der Waals surface area contributed by atoms with Crippen LogP contribution in [-0.2, 0) is 11.3 Å². The molecule has 0 fully saturated rings. The number of anilines is 1. The molecule has 1 aromatic heterocycles. The van der Waals surface area contributed by atoms with E-state index in [9.17, 15) is 4.79 Å². The highest BCUT2D eigenvalue weighted by atomic mass is 35.5. The van der Waals surface area contributed by atoms with E-state index >= 15 is 0 Å². The van der Waals surface area contributed by atoms with Crippen molar-refractivity contribution in [3.63, 3.8) is 0 Å². The van der Waals surface area contributed by atoms with Gasteiger partial charge in [-0.25, -0.2) is 0 Å². The first-order chi connectivity index (χ1) is 13.0. The van der Waals surface area contributed by atoms with Crippen LogP contribution in [0.4, 0.5) is 5.69 Å². The van der Waals surface area contributed by atoms with Gasteiger partial charge in [-0.05, 0) is 38.1 Å². The molecule has 0 unspecified atom stereocenters. The predicted octanol–water partition coefficient (Wildman–Crippen LogP) is 5.31. The molecule has 1 heterocycles. The van der Waals surface area contributed by atoms with Gasteiger partial charge in [-0.1, -0.05) is 58.7 Å². The fourth-order valence-corrected chi connectivity index (χ4v) is 3.96. The number of carbonyl (C=O) groups is 1. The van der Waals surface area contributed by atoms with Gasteiger partial charge in [-0.2, -0.15) is 0 Å². The van der Waals surface area contributed by atoms with Gasteiger partial charge in [0.2, 0.25) is 5.91 Å². The first-order valence-electron chi connectivity index (χ1n) is 8.35. The number of thioether (sulfide) groups is 1. The van der Waals surface area contributed by atoms with Gasteiger partial charge in [0.25, 0.3) is 0 Å². The van der Waals surface area contributed by atoms with Crippen molar-refractivity contribution in [2.24, 2.45) is 0 Å². The van der Waals surface area contributed by atoms with Crippen molar-refractivity contribution in [2.45, 2.75) is 25.5 Å². The Balaban J connectivity index is 1.70. The summed E-state index contributed by atoms with van der Waals surface area (Å²) >= 11 is 13.2. The molecule has 0 saturated heterocycles. The van der Waals surface area contributed by atoms with Crippen LogP contribution in [0, 0.1) is 6.92 Å². The summed E-state index contributed by atoms with van der Waals surface area (Å²) in [4.78, 5) is 12.3. The number of rotatable bonds is 6. The molecule has 0 atom stereocenters. The lowest BCUT2D eigenvalue weighted by Crippen LogP contribution is -2.14. The van der Waals surface area contributed by atoms with Crippen LogP contribution < -0.4 is 5.32 Å². The minimum Gasteiger partial charge on any atom is -0.325 e. The molecular formula is C19H18Cl2N4OS. The highest BCUT2D eigenvalue weighted by molar-refractivity contribution is 7.99. The van der Waals surface area contributed by atoms with Crippen LogP contribution in [0.25, 0.3) is 11.4 Å². The molecule has 3 aromatic rings. The van der Waals surface area contributed by atoms with E-state index < -0.39 is 0 Å². The van der Waals surface area contributed by atoms with Crippen LogP contribution >= 0.6 is 35.0 Å². The van der Waals surface area contributed by atoms with Gasteiger partial charge in [-0.3, -0.25) is 4.79 Å². The number of aryl methyl sites for hydroxylation is 1. The van der Waals surface area contributed by atoms with E-state index in [1.54, 1.807) is 18.2 Å². The number of nitrogens with zero attached hydrogens (tertiary/aromatic N) is 3. The Labute approximate surface area is 172 Å². The van der Waals surface area contributed by atoms with Crippen LogP contribution in [-0.4, -0.2) is 26.4 Å². The van der Waals surface area contributed by atoms with Gasteiger partial charge in [0, 0.05) is 27.8 Å². The second-order valence-corrected chi connectivity index (χ2v) is 7.73.